The molecular formula is C11H10BrNO4. The van der Waals surface area contributed by atoms with E-state index in [4.69, 9.17) is 5.11 Å². The first kappa shape index (κ1) is 13.4. The van der Waals surface area contributed by atoms with E-state index in [2.05, 4.69) is 15.9 Å². The minimum Gasteiger partial charge on any atom is -0.480 e. The zero-order valence-corrected chi connectivity index (χ0v) is 10.6. The van der Waals surface area contributed by atoms with Crippen molar-refractivity contribution in [3.05, 3.63) is 34.3 Å². The van der Waals surface area contributed by atoms with Crippen molar-refractivity contribution in [2.45, 2.75) is 6.92 Å². The number of aliphatic carboxylic acids is 1. The quantitative estimate of drug-likeness (QED) is 0.918. The molecule has 6 heteroatoms. The lowest BCUT2D eigenvalue weighted by molar-refractivity contribution is -0.142. The normalized spacial score (nSPS) is 9.76. The summed E-state index contributed by atoms with van der Waals surface area (Å²) in [4.78, 5) is 34.3. The Balaban J connectivity index is 2.95. The Kier molecular flexibility index (Phi) is 4.39. The van der Waals surface area contributed by atoms with Crippen LogP contribution >= 0.6 is 15.9 Å². The van der Waals surface area contributed by atoms with Crippen LogP contribution in [-0.4, -0.2) is 34.3 Å². The van der Waals surface area contributed by atoms with E-state index in [1.165, 1.54) is 12.1 Å². The van der Waals surface area contributed by atoms with Crippen molar-refractivity contribution in [1.82, 2.24) is 4.90 Å². The molecule has 0 aromatic heterocycles. The third kappa shape index (κ3) is 3.67. The zero-order valence-electron chi connectivity index (χ0n) is 9.01. The average Bonchev–Trinajstić information content (AvgIpc) is 2.25. The van der Waals surface area contributed by atoms with E-state index < -0.39 is 24.3 Å². The number of hydrogen-bond donors (Lipinski definition) is 1. The molecule has 1 aromatic rings. The van der Waals surface area contributed by atoms with Crippen LogP contribution in [0.1, 0.15) is 17.3 Å². The van der Waals surface area contributed by atoms with Gasteiger partial charge in [-0.2, -0.15) is 0 Å². The van der Waals surface area contributed by atoms with Crippen molar-refractivity contribution in [2.75, 3.05) is 6.54 Å². The Hall–Kier alpha value is -1.69. The third-order valence-corrected chi connectivity index (χ3v) is 2.54. The van der Waals surface area contributed by atoms with Crippen molar-refractivity contribution in [2.24, 2.45) is 0 Å². The van der Waals surface area contributed by atoms with Gasteiger partial charge in [0.1, 0.15) is 6.54 Å². The maximum absolute atomic E-state index is 11.9. The predicted molar refractivity (Wildman–Crippen MR) is 63.5 cm³/mol. The van der Waals surface area contributed by atoms with Crippen LogP contribution in [0.5, 0.6) is 0 Å². The molecule has 1 N–H and O–H groups in total. The summed E-state index contributed by atoms with van der Waals surface area (Å²) in [7, 11) is 0. The van der Waals surface area contributed by atoms with Gasteiger partial charge in [0.05, 0.1) is 0 Å². The molecule has 0 aliphatic rings. The lowest BCUT2D eigenvalue weighted by Gasteiger charge is -2.16. The number of amides is 2. The second kappa shape index (κ2) is 5.58. The van der Waals surface area contributed by atoms with Crippen LogP contribution in [0.15, 0.2) is 28.7 Å². The molecule has 0 atom stereocenters. The third-order valence-electron chi connectivity index (χ3n) is 2.01. The number of halogens is 1. The molecule has 0 aliphatic heterocycles. The van der Waals surface area contributed by atoms with E-state index in [0.29, 0.717) is 4.90 Å². The fourth-order valence-electron chi connectivity index (χ4n) is 1.21. The molecule has 1 aromatic carbocycles. The van der Waals surface area contributed by atoms with Crippen LogP contribution < -0.4 is 0 Å². The van der Waals surface area contributed by atoms with Crippen molar-refractivity contribution in [3.63, 3.8) is 0 Å². The number of carbonyl (C=O) groups excluding carboxylic acids is 2. The highest BCUT2D eigenvalue weighted by Crippen LogP contribution is 2.12. The number of carbonyl (C=O) groups is 3. The number of hydrogen-bond acceptors (Lipinski definition) is 3. The Morgan fingerprint density at radius 1 is 1.24 bits per heavy atom. The highest BCUT2D eigenvalue weighted by Gasteiger charge is 2.21. The number of carboxylic acids is 1. The summed E-state index contributed by atoms with van der Waals surface area (Å²) in [5, 5.41) is 8.62. The number of carboxylic acid groups (broad SMARTS) is 1. The van der Waals surface area contributed by atoms with E-state index >= 15 is 0 Å². The minimum atomic E-state index is -1.23. The number of nitrogens with zero attached hydrogens (tertiary/aromatic N) is 1. The molecule has 5 nitrogen and oxygen atoms in total. The lowest BCUT2D eigenvalue weighted by atomic mass is 10.2. The van der Waals surface area contributed by atoms with Crippen molar-refractivity contribution < 1.29 is 19.5 Å². The molecule has 1 rings (SSSR count). The van der Waals surface area contributed by atoms with E-state index in [1.54, 1.807) is 12.1 Å². The minimum absolute atomic E-state index is 0.268. The number of imide groups is 1. The van der Waals surface area contributed by atoms with E-state index in [9.17, 15) is 14.4 Å². The monoisotopic (exact) mass is 299 g/mol. The molecule has 0 bridgehead atoms. The van der Waals surface area contributed by atoms with Gasteiger partial charge >= 0.3 is 5.97 Å². The summed E-state index contributed by atoms with van der Waals surface area (Å²) in [6.45, 7) is 0.518. The fraction of sp³-hybridized carbons (Fsp3) is 0.182. The standard InChI is InChI=1S/C11H10BrNO4/c1-7(14)13(6-10(15)16)11(17)8-2-4-9(12)5-3-8/h2-5H,6H2,1H3,(H,15,16). The van der Waals surface area contributed by atoms with Gasteiger partial charge in [0.25, 0.3) is 5.91 Å². The SMILES string of the molecule is CC(=O)N(CC(=O)O)C(=O)c1ccc(Br)cc1. The van der Waals surface area contributed by atoms with Gasteiger partial charge in [-0.15, -0.1) is 0 Å². The molecule has 0 saturated heterocycles. The van der Waals surface area contributed by atoms with Crippen molar-refractivity contribution >= 4 is 33.7 Å². The summed E-state index contributed by atoms with van der Waals surface area (Å²) in [5.74, 6) is -2.45. The topological polar surface area (TPSA) is 74.7 Å². The summed E-state index contributed by atoms with van der Waals surface area (Å²) in [6.07, 6.45) is 0. The lowest BCUT2D eigenvalue weighted by Crippen LogP contribution is -2.39. The van der Waals surface area contributed by atoms with Gasteiger partial charge in [-0.25, -0.2) is 0 Å². The Morgan fingerprint density at radius 2 is 1.76 bits per heavy atom. The Morgan fingerprint density at radius 3 is 2.18 bits per heavy atom. The van der Waals surface area contributed by atoms with Gasteiger partial charge in [-0.05, 0) is 24.3 Å². The fourth-order valence-corrected chi connectivity index (χ4v) is 1.47. The molecule has 2 amide bonds. The largest absolute Gasteiger partial charge is 0.480 e. The molecule has 90 valence electrons. The molecule has 0 heterocycles. The number of rotatable bonds is 3. The summed E-state index contributed by atoms with van der Waals surface area (Å²) >= 11 is 3.21. The van der Waals surface area contributed by atoms with Gasteiger partial charge in [-0.1, -0.05) is 15.9 Å². The summed E-state index contributed by atoms with van der Waals surface area (Å²) in [6, 6.07) is 6.33. The smallest absolute Gasteiger partial charge is 0.323 e. The molecule has 0 radical (unpaired) electrons. The van der Waals surface area contributed by atoms with Crippen LogP contribution in [0.3, 0.4) is 0 Å². The second-order valence-electron chi connectivity index (χ2n) is 3.31. The first-order valence-electron chi connectivity index (χ1n) is 4.71. The van der Waals surface area contributed by atoms with Crippen LogP contribution in [-0.2, 0) is 9.59 Å². The van der Waals surface area contributed by atoms with Gasteiger partial charge < -0.3 is 5.11 Å². The van der Waals surface area contributed by atoms with E-state index in [-0.39, 0.29) is 5.56 Å². The first-order chi connectivity index (χ1) is 7.91. The average molecular weight is 300 g/mol. The van der Waals surface area contributed by atoms with Crippen molar-refractivity contribution in [3.8, 4) is 0 Å². The summed E-state index contributed by atoms with van der Waals surface area (Å²) < 4.78 is 0.793. The zero-order chi connectivity index (χ0) is 13.0. The maximum Gasteiger partial charge on any atom is 0.323 e. The van der Waals surface area contributed by atoms with Crippen LogP contribution in [0.25, 0.3) is 0 Å². The van der Waals surface area contributed by atoms with Crippen LogP contribution in [0.4, 0.5) is 0 Å². The van der Waals surface area contributed by atoms with Gasteiger partial charge in [-0.3, -0.25) is 19.3 Å². The predicted octanol–water partition coefficient (Wildman–Crippen LogP) is 1.52. The molecule has 17 heavy (non-hydrogen) atoms. The first-order valence-corrected chi connectivity index (χ1v) is 5.51. The highest BCUT2D eigenvalue weighted by atomic mass is 79.9. The molecule has 0 fully saturated rings. The Bertz CT molecular complexity index is 455. The maximum atomic E-state index is 11.9. The second-order valence-corrected chi connectivity index (χ2v) is 4.23. The number of benzene rings is 1. The Labute approximate surface area is 106 Å². The molecular weight excluding hydrogens is 290 g/mol. The summed E-state index contributed by atoms with van der Waals surface area (Å²) in [5.41, 5.74) is 0.268. The van der Waals surface area contributed by atoms with Crippen LogP contribution in [0.2, 0.25) is 0 Å². The van der Waals surface area contributed by atoms with Gasteiger partial charge in [0.2, 0.25) is 5.91 Å². The molecule has 0 aliphatic carbocycles. The van der Waals surface area contributed by atoms with Crippen molar-refractivity contribution in [1.29, 1.82) is 0 Å². The van der Waals surface area contributed by atoms with E-state index in [1.807, 2.05) is 0 Å². The van der Waals surface area contributed by atoms with Gasteiger partial charge in [0.15, 0.2) is 0 Å². The van der Waals surface area contributed by atoms with Gasteiger partial charge in [0, 0.05) is 17.0 Å². The molecule has 0 saturated carbocycles. The molecule has 0 spiro atoms. The van der Waals surface area contributed by atoms with E-state index in [0.717, 1.165) is 11.4 Å². The molecule has 0 unspecified atom stereocenters. The highest BCUT2D eigenvalue weighted by molar-refractivity contribution is 9.10. The van der Waals surface area contributed by atoms with Crippen LogP contribution in [0, 0.1) is 0 Å².